The number of nitrogens with zero attached hydrogens (tertiary/aromatic N) is 2. The minimum absolute atomic E-state index is 0.348. The van der Waals surface area contributed by atoms with Crippen LogP contribution in [0.3, 0.4) is 0 Å². The van der Waals surface area contributed by atoms with E-state index in [-0.39, 0.29) is 0 Å². The molecule has 0 aliphatic carbocycles. The van der Waals surface area contributed by atoms with Gasteiger partial charge in [-0.3, -0.25) is 0 Å². The smallest absolute Gasteiger partial charge is 0.226 e. The molecule has 0 unspecified atom stereocenters. The summed E-state index contributed by atoms with van der Waals surface area (Å²) < 4.78 is 10.9. The first-order chi connectivity index (χ1) is 10.4. The third-order valence-electron chi connectivity index (χ3n) is 3.85. The van der Waals surface area contributed by atoms with Crippen molar-refractivity contribution in [1.29, 1.82) is 0 Å². The average Bonchev–Trinajstić information content (AvgIpc) is 3.01. The van der Waals surface area contributed by atoms with Crippen LogP contribution in [0.1, 0.15) is 31.0 Å². The summed E-state index contributed by atoms with van der Waals surface area (Å²) in [6.07, 6.45) is 4.49. The topological polar surface area (TPSA) is 60.2 Å². The fraction of sp³-hybridized carbons (Fsp3) is 0.500. The number of aryl methyl sites for hydroxylation is 1. The van der Waals surface area contributed by atoms with Crippen molar-refractivity contribution in [2.24, 2.45) is 5.92 Å². The van der Waals surface area contributed by atoms with Crippen LogP contribution in [0.25, 0.3) is 0 Å². The number of nitrogens with one attached hydrogen (secondary N) is 1. The average molecular weight is 287 g/mol. The fourth-order valence-corrected chi connectivity index (χ4v) is 2.61. The summed E-state index contributed by atoms with van der Waals surface area (Å²) in [6.45, 7) is 2.61. The highest BCUT2D eigenvalue weighted by Crippen LogP contribution is 2.18. The van der Waals surface area contributed by atoms with Crippen LogP contribution in [-0.4, -0.2) is 23.2 Å². The van der Waals surface area contributed by atoms with Crippen molar-refractivity contribution in [2.45, 2.75) is 32.3 Å². The lowest BCUT2D eigenvalue weighted by Crippen LogP contribution is -2.27. The standard InChI is InChI=1S/C16H21N3O2/c1-2-4-14(5-3-1)20-12-15-18-16(21-19-15)7-6-13-8-10-17-11-9-13/h1-5,13,17H,6-12H2. The molecule has 1 N–H and O–H groups in total. The molecule has 1 aromatic carbocycles. The van der Waals surface area contributed by atoms with E-state index >= 15 is 0 Å². The Hall–Kier alpha value is -1.88. The van der Waals surface area contributed by atoms with E-state index in [9.17, 15) is 0 Å². The maximum Gasteiger partial charge on any atom is 0.226 e. The van der Waals surface area contributed by atoms with Gasteiger partial charge in [0.25, 0.3) is 0 Å². The number of hydrogen-bond donors (Lipinski definition) is 1. The Labute approximate surface area is 124 Å². The van der Waals surface area contributed by atoms with E-state index in [2.05, 4.69) is 15.5 Å². The Bertz CT molecular complexity index is 535. The Morgan fingerprint density at radius 1 is 1.19 bits per heavy atom. The molecule has 0 amide bonds. The van der Waals surface area contributed by atoms with Gasteiger partial charge in [0.05, 0.1) is 0 Å². The summed E-state index contributed by atoms with van der Waals surface area (Å²) in [5.41, 5.74) is 0. The summed E-state index contributed by atoms with van der Waals surface area (Å²) in [4.78, 5) is 4.39. The van der Waals surface area contributed by atoms with E-state index in [0.717, 1.165) is 43.5 Å². The maximum atomic E-state index is 5.61. The molecule has 2 heterocycles. The molecule has 0 atom stereocenters. The minimum Gasteiger partial charge on any atom is -0.485 e. The molecule has 1 aliphatic rings. The van der Waals surface area contributed by atoms with E-state index in [4.69, 9.17) is 9.26 Å². The molecule has 1 aromatic heterocycles. The second kappa shape index (κ2) is 7.22. The van der Waals surface area contributed by atoms with Crippen molar-refractivity contribution >= 4 is 0 Å². The van der Waals surface area contributed by atoms with Crippen LogP contribution in [0, 0.1) is 5.92 Å². The van der Waals surface area contributed by atoms with Gasteiger partial charge < -0.3 is 14.6 Å². The Morgan fingerprint density at radius 2 is 2.00 bits per heavy atom. The first-order valence-corrected chi connectivity index (χ1v) is 7.60. The van der Waals surface area contributed by atoms with Crippen molar-refractivity contribution in [2.75, 3.05) is 13.1 Å². The monoisotopic (exact) mass is 287 g/mol. The molecule has 0 bridgehead atoms. The van der Waals surface area contributed by atoms with Crippen LogP contribution in [-0.2, 0) is 13.0 Å². The lowest BCUT2D eigenvalue weighted by molar-refractivity contribution is 0.283. The van der Waals surface area contributed by atoms with E-state index in [0.29, 0.717) is 12.4 Å². The molecule has 21 heavy (non-hydrogen) atoms. The highest BCUT2D eigenvalue weighted by Gasteiger charge is 2.15. The molecule has 1 fully saturated rings. The molecule has 1 aliphatic heterocycles. The quantitative estimate of drug-likeness (QED) is 0.885. The molecular formula is C16H21N3O2. The van der Waals surface area contributed by atoms with Gasteiger partial charge in [-0.1, -0.05) is 23.4 Å². The summed E-state index contributed by atoms with van der Waals surface area (Å²) in [6, 6.07) is 9.67. The molecule has 5 nitrogen and oxygen atoms in total. The summed E-state index contributed by atoms with van der Waals surface area (Å²) in [5, 5.41) is 7.35. The van der Waals surface area contributed by atoms with Gasteiger partial charge in [-0.05, 0) is 50.4 Å². The summed E-state index contributed by atoms with van der Waals surface area (Å²) in [7, 11) is 0. The van der Waals surface area contributed by atoms with Gasteiger partial charge in [0.2, 0.25) is 11.7 Å². The largest absolute Gasteiger partial charge is 0.485 e. The zero-order valence-electron chi connectivity index (χ0n) is 12.1. The van der Waals surface area contributed by atoms with Gasteiger partial charge in [-0.15, -0.1) is 0 Å². The van der Waals surface area contributed by atoms with Crippen molar-refractivity contribution < 1.29 is 9.26 Å². The summed E-state index contributed by atoms with van der Waals surface area (Å²) >= 11 is 0. The molecule has 1 saturated heterocycles. The fourth-order valence-electron chi connectivity index (χ4n) is 2.61. The number of hydrogen-bond acceptors (Lipinski definition) is 5. The second-order valence-corrected chi connectivity index (χ2v) is 5.44. The number of piperidine rings is 1. The zero-order chi connectivity index (χ0) is 14.3. The van der Waals surface area contributed by atoms with Crippen LogP contribution in [0.5, 0.6) is 5.75 Å². The molecule has 0 spiro atoms. The third kappa shape index (κ3) is 4.29. The van der Waals surface area contributed by atoms with Crippen molar-refractivity contribution in [3.8, 4) is 5.75 Å². The van der Waals surface area contributed by atoms with Gasteiger partial charge >= 0.3 is 0 Å². The lowest BCUT2D eigenvalue weighted by atomic mass is 9.93. The Balaban J connectivity index is 1.45. The maximum absolute atomic E-state index is 5.61. The third-order valence-corrected chi connectivity index (χ3v) is 3.85. The second-order valence-electron chi connectivity index (χ2n) is 5.44. The predicted octanol–water partition coefficient (Wildman–Crippen LogP) is 2.58. The SMILES string of the molecule is c1ccc(OCc2noc(CCC3CCNCC3)n2)cc1. The van der Waals surface area contributed by atoms with Gasteiger partial charge in [0.1, 0.15) is 5.75 Å². The first-order valence-electron chi connectivity index (χ1n) is 7.60. The predicted molar refractivity (Wildman–Crippen MR) is 79.0 cm³/mol. The van der Waals surface area contributed by atoms with Crippen LogP contribution < -0.4 is 10.1 Å². The van der Waals surface area contributed by atoms with Gasteiger partial charge in [0.15, 0.2) is 6.61 Å². The van der Waals surface area contributed by atoms with Crippen LogP contribution in [0.15, 0.2) is 34.9 Å². The Morgan fingerprint density at radius 3 is 2.81 bits per heavy atom. The normalized spacial score (nSPS) is 16.0. The van der Waals surface area contributed by atoms with Gasteiger partial charge in [-0.2, -0.15) is 4.98 Å². The highest BCUT2D eigenvalue weighted by atomic mass is 16.5. The first kappa shape index (κ1) is 14.1. The van der Waals surface area contributed by atoms with Gasteiger partial charge in [-0.25, -0.2) is 0 Å². The number of ether oxygens (including phenoxy) is 1. The van der Waals surface area contributed by atoms with E-state index in [1.807, 2.05) is 30.3 Å². The van der Waals surface area contributed by atoms with Crippen LogP contribution in [0.4, 0.5) is 0 Å². The van der Waals surface area contributed by atoms with Crippen LogP contribution in [0.2, 0.25) is 0 Å². The number of benzene rings is 1. The van der Waals surface area contributed by atoms with Crippen LogP contribution >= 0.6 is 0 Å². The lowest BCUT2D eigenvalue weighted by Gasteiger charge is -2.21. The van der Waals surface area contributed by atoms with Crippen molar-refractivity contribution in [1.82, 2.24) is 15.5 Å². The molecular weight excluding hydrogens is 266 g/mol. The van der Waals surface area contributed by atoms with E-state index in [1.54, 1.807) is 0 Å². The molecule has 0 saturated carbocycles. The zero-order valence-corrected chi connectivity index (χ0v) is 12.1. The number of rotatable bonds is 6. The molecule has 0 radical (unpaired) electrons. The van der Waals surface area contributed by atoms with E-state index in [1.165, 1.54) is 12.8 Å². The Kier molecular flexibility index (Phi) is 4.84. The summed E-state index contributed by atoms with van der Waals surface area (Å²) in [5.74, 6) is 2.93. The number of aromatic nitrogens is 2. The number of para-hydroxylation sites is 1. The molecule has 2 aromatic rings. The molecule has 112 valence electrons. The molecule has 3 rings (SSSR count). The highest BCUT2D eigenvalue weighted by molar-refractivity contribution is 5.20. The molecule has 5 heteroatoms. The van der Waals surface area contributed by atoms with Crippen molar-refractivity contribution in [3.05, 3.63) is 42.0 Å². The van der Waals surface area contributed by atoms with Gasteiger partial charge in [0, 0.05) is 6.42 Å². The minimum atomic E-state index is 0.348. The van der Waals surface area contributed by atoms with Crippen molar-refractivity contribution in [3.63, 3.8) is 0 Å². The van der Waals surface area contributed by atoms with E-state index < -0.39 is 0 Å².